The van der Waals surface area contributed by atoms with E-state index in [0.717, 1.165) is 12.8 Å². The number of Topliss-reactive ketones (excluding diaryl/α,β-unsaturated/α-hetero) is 1. The smallest absolute Gasteiger partial charge is 0.412 e. The minimum Gasteiger partial charge on any atom is -0.444 e. The van der Waals surface area contributed by atoms with E-state index in [4.69, 9.17) is 10.5 Å². The number of nitrogens with zero attached hydrogens (tertiary/aromatic N) is 2. The lowest BCUT2D eigenvalue weighted by Crippen LogP contribution is -2.27. The lowest BCUT2D eigenvalue weighted by atomic mass is 9.90. The van der Waals surface area contributed by atoms with Crippen molar-refractivity contribution in [1.29, 1.82) is 0 Å². The van der Waals surface area contributed by atoms with Crippen LogP contribution >= 0.6 is 0 Å². The molecule has 7 heteroatoms. The Bertz CT molecular complexity index is 711. The second-order valence-corrected chi connectivity index (χ2v) is 6.98. The van der Waals surface area contributed by atoms with Crippen molar-refractivity contribution >= 4 is 23.8 Å². The Balaban J connectivity index is 2.10. The van der Waals surface area contributed by atoms with E-state index in [-0.39, 0.29) is 5.78 Å². The Morgan fingerprint density at radius 1 is 1.36 bits per heavy atom. The standard InChI is InChI=1S/C18H24N4O3/c1-17(2,3)25-16(24)22-13-5-6-14(21-11-13)15(23)18(7-8-18)12(9-19)10-20-4/h5-6,9-11H,7-8,19H2,1-4H3,(H,22,24). The van der Waals surface area contributed by atoms with Crippen LogP contribution in [0.3, 0.4) is 0 Å². The van der Waals surface area contributed by atoms with E-state index in [1.807, 2.05) is 0 Å². The predicted octanol–water partition coefficient (Wildman–Crippen LogP) is 2.93. The number of aliphatic imine (C=N–C) groups is 1. The van der Waals surface area contributed by atoms with Crippen LogP contribution in [-0.2, 0) is 4.74 Å². The highest BCUT2D eigenvalue weighted by Gasteiger charge is 2.52. The molecule has 1 amide bonds. The van der Waals surface area contributed by atoms with E-state index in [9.17, 15) is 9.59 Å². The van der Waals surface area contributed by atoms with Gasteiger partial charge in [-0.25, -0.2) is 4.79 Å². The lowest BCUT2D eigenvalue weighted by Gasteiger charge is -2.19. The number of carbonyl (C=O) groups excluding carboxylic acids is 2. The Kier molecular flexibility index (Phi) is 5.25. The molecule has 0 atom stereocenters. The fourth-order valence-corrected chi connectivity index (χ4v) is 2.51. The molecule has 1 heterocycles. The molecule has 1 aliphatic carbocycles. The van der Waals surface area contributed by atoms with Crippen LogP contribution in [0.4, 0.5) is 10.5 Å². The van der Waals surface area contributed by atoms with E-state index in [2.05, 4.69) is 15.3 Å². The molecule has 1 saturated carbocycles. The third-order valence-electron chi connectivity index (χ3n) is 3.83. The summed E-state index contributed by atoms with van der Waals surface area (Å²) < 4.78 is 5.18. The summed E-state index contributed by atoms with van der Waals surface area (Å²) >= 11 is 0. The van der Waals surface area contributed by atoms with Crippen molar-refractivity contribution in [1.82, 2.24) is 4.98 Å². The number of hydrogen-bond donors (Lipinski definition) is 2. The van der Waals surface area contributed by atoms with Gasteiger partial charge >= 0.3 is 6.09 Å². The molecule has 134 valence electrons. The van der Waals surface area contributed by atoms with Crippen molar-refractivity contribution in [2.75, 3.05) is 12.4 Å². The molecule has 0 unspecified atom stereocenters. The number of anilines is 1. The maximum absolute atomic E-state index is 12.8. The molecule has 2 rings (SSSR count). The van der Waals surface area contributed by atoms with Gasteiger partial charge in [-0.3, -0.25) is 20.1 Å². The Morgan fingerprint density at radius 2 is 2.04 bits per heavy atom. The number of carbonyl (C=O) groups is 2. The number of pyridine rings is 1. The molecule has 0 aromatic carbocycles. The van der Waals surface area contributed by atoms with Crippen LogP contribution in [0.1, 0.15) is 44.1 Å². The summed E-state index contributed by atoms with van der Waals surface area (Å²) in [7, 11) is 1.64. The first-order valence-electron chi connectivity index (χ1n) is 8.07. The predicted molar refractivity (Wildman–Crippen MR) is 96.8 cm³/mol. The summed E-state index contributed by atoms with van der Waals surface area (Å²) in [6.07, 6.45) is 5.35. The maximum atomic E-state index is 12.8. The normalized spacial score (nSPS) is 16.6. The van der Waals surface area contributed by atoms with Crippen molar-refractivity contribution in [3.63, 3.8) is 0 Å². The lowest BCUT2D eigenvalue weighted by molar-refractivity contribution is 0.0635. The van der Waals surface area contributed by atoms with E-state index >= 15 is 0 Å². The van der Waals surface area contributed by atoms with Crippen molar-refractivity contribution in [2.24, 2.45) is 16.1 Å². The number of nitrogens with two attached hydrogens (primary N) is 1. The summed E-state index contributed by atoms with van der Waals surface area (Å²) in [5, 5.41) is 2.59. The third kappa shape index (κ3) is 4.43. The van der Waals surface area contributed by atoms with Crippen LogP contribution in [0, 0.1) is 5.41 Å². The van der Waals surface area contributed by atoms with Gasteiger partial charge in [0.2, 0.25) is 0 Å². The van der Waals surface area contributed by atoms with Gasteiger partial charge in [0.1, 0.15) is 11.3 Å². The summed E-state index contributed by atoms with van der Waals surface area (Å²) in [5.41, 5.74) is 5.93. The first-order chi connectivity index (χ1) is 11.7. The van der Waals surface area contributed by atoms with Crippen LogP contribution in [0.25, 0.3) is 0 Å². The zero-order valence-corrected chi connectivity index (χ0v) is 15.0. The SMILES string of the molecule is CN=CC(=CN)C1(C(=O)c2ccc(NC(=O)OC(C)(C)C)cn2)CC1. The van der Waals surface area contributed by atoms with Crippen molar-refractivity contribution in [2.45, 2.75) is 39.2 Å². The molecule has 7 nitrogen and oxygen atoms in total. The number of ether oxygens (including phenoxy) is 1. The molecule has 1 aromatic heterocycles. The van der Waals surface area contributed by atoms with Crippen LogP contribution in [0.5, 0.6) is 0 Å². The topological polar surface area (TPSA) is 107 Å². The average molecular weight is 344 g/mol. The third-order valence-corrected chi connectivity index (χ3v) is 3.83. The number of ketones is 1. The van der Waals surface area contributed by atoms with Gasteiger partial charge in [0, 0.05) is 13.3 Å². The second kappa shape index (κ2) is 7.04. The summed E-state index contributed by atoms with van der Waals surface area (Å²) in [5.74, 6) is -0.0899. The molecular weight excluding hydrogens is 320 g/mol. The van der Waals surface area contributed by atoms with Gasteiger partial charge in [-0.2, -0.15) is 0 Å². The van der Waals surface area contributed by atoms with Crippen LogP contribution in [0.2, 0.25) is 0 Å². The number of hydrogen-bond acceptors (Lipinski definition) is 6. The first kappa shape index (κ1) is 18.6. The van der Waals surface area contributed by atoms with Gasteiger partial charge in [-0.05, 0) is 57.5 Å². The fourth-order valence-electron chi connectivity index (χ4n) is 2.51. The minimum atomic E-state index is -0.624. The fraction of sp³-hybridized carbons (Fsp3) is 0.444. The largest absolute Gasteiger partial charge is 0.444 e. The van der Waals surface area contributed by atoms with Gasteiger partial charge in [0.05, 0.1) is 17.3 Å². The molecule has 1 fully saturated rings. The Labute approximate surface area is 147 Å². The average Bonchev–Trinajstić information content (AvgIpc) is 3.32. The molecule has 3 N–H and O–H groups in total. The van der Waals surface area contributed by atoms with Crippen molar-refractivity contribution in [3.8, 4) is 0 Å². The summed E-state index contributed by atoms with van der Waals surface area (Å²) in [6, 6.07) is 3.21. The Morgan fingerprint density at radius 3 is 2.48 bits per heavy atom. The molecule has 0 aliphatic heterocycles. The molecular formula is C18H24N4O3. The molecule has 1 aliphatic rings. The quantitative estimate of drug-likeness (QED) is 0.631. The highest BCUT2D eigenvalue weighted by Crippen LogP contribution is 2.53. The molecule has 0 spiro atoms. The van der Waals surface area contributed by atoms with Gasteiger partial charge in [-0.1, -0.05) is 0 Å². The minimum absolute atomic E-state index is 0.0899. The first-order valence-corrected chi connectivity index (χ1v) is 8.07. The second-order valence-electron chi connectivity index (χ2n) is 6.98. The number of aromatic nitrogens is 1. The molecule has 0 radical (unpaired) electrons. The molecule has 0 saturated heterocycles. The molecule has 25 heavy (non-hydrogen) atoms. The van der Waals surface area contributed by atoms with Gasteiger partial charge in [0.25, 0.3) is 0 Å². The molecule has 1 aromatic rings. The van der Waals surface area contributed by atoms with Crippen molar-refractivity contribution in [3.05, 3.63) is 35.8 Å². The van der Waals surface area contributed by atoms with Crippen LogP contribution in [-0.4, -0.2) is 35.7 Å². The van der Waals surface area contributed by atoms with E-state index in [0.29, 0.717) is 17.0 Å². The number of allylic oxidation sites excluding steroid dienone is 1. The van der Waals surface area contributed by atoms with E-state index < -0.39 is 17.1 Å². The van der Waals surface area contributed by atoms with Gasteiger partial charge in [-0.15, -0.1) is 0 Å². The monoisotopic (exact) mass is 344 g/mol. The van der Waals surface area contributed by atoms with Crippen LogP contribution < -0.4 is 11.1 Å². The number of amides is 1. The van der Waals surface area contributed by atoms with E-state index in [1.165, 1.54) is 12.4 Å². The highest BCUT2D eigenvalue weighted by molar-refractivity contribution is 6.07. The van der Waals surface area contributed by atoms with E-state index in [1.54, 1.807) is 46.2 Å². The Hall–Kier alpha value is -2.70. The van der Waals surface area contributed by atoms with Gasteiger partial charge in [0.15, 0.2) is 5.78 Å². The number of nitrogens with one attached hydrogen (secondary N) is 1. The zero-order chi connectivity index (χ0) is 18.7. The maximum Gasteiger partial charge on any atom is 0.412 e. The zero-order valence-electron chi connectivity index (χ0n) is 15.0. The number of rotatable bonds is 5. The van der Waals surface area contributed by atoms with Crippen molar-refractivity contribution < 1.29 is 14.3 Å². The molecule has 0 bridgehead atoms. The van der Waals surface area contributed by atoms with Crippen LogP contribution in [0.15, 0.2) is 35.1 Å². The summed E-state index contributed by atoms with van der Waals surface area (Å²) in [6.45, 7) is 5.34. The van der Waals surface area contributed by atoms with Gasteiger partial charge < -0.3 is 10.5 Å². The highest BCUT2D eigenvalue weighted by atomic mass is 16.6. The summed E-state index contributed by atoms with van der Waals surface area (Å²) in [4.78, 5) is 32.7.